The Morgan fingerprint density at radius 3 is 2.95 bits per heavy atom. The minimum absolute atomic E-state index is 0.0159. The van der Waals surface area contributed by atoms with Crippen molar-refractivity contribution in [2.45, 2.75) is 25.8 Å². The lowest BCUT2D eigenvalue weighted by atomic mass is 9.92. The van der Waals surface area contributed by atoms with Crippen LogP contribution in [-0.2, 0) is 0 Å². The first-order valence-corrected chi connectivity index (χ1v) is 7.73. The molecule has 5 nitrogen and oxygen atoms in total. The van der Waals surface area contributed by atoms with E-state index in [2.05, 4.69) is 11.9 Å². The molecule has 1 aliphatic heterocycles. The Balaban J connectivity index is 1.97. The molecule has 5 heteroatoms. The number of nitrogens with two attached hydrogens (primary N) is 1. The van der Waals surface area contributed by atoms with Gasteiger partial charge in [0.15, 0.2) is 0 Å². The SMILES string of the molecule is CC1CCN(C(=O)c2cc3ccccc3[nH]c2=O)C(CN)C1. The van der Waals surface area contributed by atoms with Gasteiger partial charge >= 0.3 is 0 Å². The number of H-pyrrole nitrogens is 1. The average Bonchev–Trinajstić information content (AvgIpc) is 2.53. The Labute approximate surface area is 129 Å². The van der Waals surface area contributed by atoms with Gasteiger partial charge in [0.25, 0.3) is 11.5 Å². The molecule has 0 spiro atoms. The highest BCUT2D eigenvalue weighted by Crippen LogP contribution is 2.23. The van der Waals surface area contributed by atoms with Gasteiger partial charge in [0, 0.05) is 24.6 Å². The second kappa shape index (κ2) is 5.93. The molecule has 1 amide bonds. The summed E-state index contributed by atoms with van der Waals surface area (Å²) in [6, 6.07) is 9.16. The number of aromatic amines is 1. The Bertz CT molecular complexity index is 753. The van der Waals surface area contributed by atoms with Crippen molar-refractivity contribution >= 4 is 16.8 Å². The number of amides is 1. The average molecular weight is 299 g/mol. The van der Waals surface area contributed by atoms with Crippen molar-refractivity contribution in [3.63, 3.8) is 0 Å². The summed E-state index contributed by atoms with van der Waals surface area (Å²) in [4.78, 5) is 29.6. The van der Waals surface area contributed by atoms with Gasteiger partial charge < -0.3 is 15.6 Å². The van der Waals surface area contributed by atoms with Gasteiger partial charge in [-0.2, -0.15) is 0 Å². The zero-order valence-corrected chi connectivity index (χ0v) is 12.7. The summed E-state index contributed by atoms with van der Waals surface area (Å²) in [5.74, 6) is 0.349. The fraction of sp³-hybridized carbons (Fsp3) is 0.412. The molecule has 0 aliphatic carbocycles. The molecule has 1 aromatic heterocycles. The number of rotatable bonds is 2. The van der Waals surface area contributed by atoms with E-state index in [1.165, 1.54) is 0 Å². The number of likely N-dealkylation sites (tertiary alicyclic amines) is 1. The van der Waals surface area contributed by atoms with E-state index >= 15 is 0 Å². The molecule has 2 aromatic rings. The molecular weight excluding hydrogens is 278 g/mol. The van der Waals surface area contributed by atoms with Crippen molar-refractivity contribution in [2.75, 3.05) is 13.1 Å². The normalized spacial score (nSPS) is 22.0. The summed E-state index contributed by atoms with van der Waals surface area (Å²) in [5, 5.41) is 0.861. The lowest BCUT2D eigenvalue weighted by Crippen LogP contribution is -2.50. The number of nitrogens with one attached hydrogen (secondary N) is 1. The smallest absolute Gasteiger partial charge is 0.261 e. The van der Waals surface area contributed by atoms with Gasteiger partial charge in [0.2, 0.25) is 0 Å². The number of carbonyl (C=O) groups excluding carboxylic acids is 1. The number of hydrogen-bond donors (Lipinski definition) is 2. The predicted molar refractivity (Wildman–Crippen MR) is 86.8 cm³/mol. The Kier molecular flexibility index (Phi) is 3.98. The number of para-hydroxylation sites is 1. The van der Waals surface area contributed by atoms with Crippen LogP contribution >= 0.6 is 0 Å². The van der Waals surface area contributed by atoms with Crippen molar-refractivity contribution in [2.24, 2.45) is 11.7 Å². The largest absolute Gasteiger partial charge is 0.334 e. The zero-order valence-electron chi connectivity index (χ0n) is 12.7. The van der Waals surface area contributed by atoms with Crippen LogP contribution in [0.2, 0.25) is 0 Å². The van der Waals surface area contributed by atoms with E-state index in [9.17, 15) is 9.59 Å². The number of aromatic nitrogens is 1. The highest BCUT2D eigenvalue weighted by atomic mass is 16.2. The molecule has 2 atom stereocenters. The van der Waals surface area contributed by atoms with Crippen molar-refractivity contribution in [1.29, 1.82) is 0 Å². The molecule has 2 heterocycles. The van der Waals surface area contributed by atoms with Crippen LogP contribution in [0.4, 0.5) is 0 Å². The summed E-state index contributed by atoms with van der Waals surface area (Å²) in [6.45, 7) is 3.27. The lowest BCUT2D eigenvalue weighted by molar-refractivity contribution is 0.0572. The van der Waals surface area contributed by atoms with Gasteiger partial charge in [-0.15, -0.1) is 0 Å². The van der Waals surface area contributed by atoms with E-state index in [0.717, 1.165) is 23.7 Å². The van der Waals surface area contributed by atoms with Crippen LogP contribution in [0.25, 0.3) is 10.9 Å². The second-order valence-corrected chi connectivity index (χ2v) is 6.12. The van der Waals surface area contributed by atoms with Crippen molar-refractivity contribution in [1.82, 2.24) is 9.88 Å². The first-order valence-electron chi connectivity index (χ1n) is 7.73. The van der Waals surface area contributed by atoms with Gasteiger partial charge in [-0.25, -0.2) is 0 Å². The molecule has 1 saturated heterocycles. The van der Waals surface area contributed by atoms with Gasteiger partial charge in [-0.05, 0) is 36.3 Å². The van der Waals surface area contributed by atoms with E-state index in [-0.39, 0.29) is 23.1 Å². The summed E-state index contributed by atoms with van der Waals surface area (Å²) in [5.41, 5.74) is 6.43. The van der Waals surface area contributed by atoms with Crippen LogP contribution in [0, 0.1) is 5.92 Å². The van der Waals surface area contributed by atoms with Crippen LogP contribution in [0.15, 0.2) is 35.1 Å². The number of piperidine rings is 1. The Hall–Kier alpha value is -2.14. The van der Waals surface area contributed by atoms with Crippen LogP contribution in [-0.4, -0.2) is 34.9 Å². The van der Waals surface area contributed by atoms with Crippen LogP contribution in [0.3, 0.4) is 0 Å². The van der Waals surface area contributed by atoms with Crippen LogP contribution < -0.4 is 11.3 Å². The van der Waals surface area contributed by atoms with Gasteiger partial charge in [0.05, 0.1) is 0 Å². The molecule has 3 N–H and O–H groups in total. The molecule has 22 heavy (non-hydrogen) atoms. The fourth-order valence-corrected chi connectivity index (χ4v) is 3.20. The number of pyridine rings is 1. The standard InChI is InChI=1S/C17H21N3O2/c1-11-6-7-20(13(8-11)10-18)17(22)14-9-12-4-2-3-5-15(12)19-16(14)21/h2-5,9,11,13H,6-8,10,18H2,1H3,(H,19,21). The maximum absolute atomic E-state index is 12.8. The number of carbonyl (C=O) groups is 1. The summed E-state index contributed by atoms with van der Waals surface area (Å²) < 4.78 is 0. The first-order chi connectivity index (χ1) is 10.6. The Morgan fingerprint density at radius 1 is 1.41 bits per heavy atom. The first kappa shape index (κ1) is 14.8. The van der Waals surface area contributed by atoms with Crippen LogP contribution in [0.5, 0.6) is 0 Å². The fourth-order valence-electron chi connectivity index (χ4n) is 3.20. The third-order valence-electron chi connectivity index (χ3n) is 4.49. The second-order valence-electron chi connectivity index (χ2n) is 6.12. The van der Waals surface area contributed by atoms with E-state index in [4.69, 9.17) is 5.73 Å². The molecule has 0 saturated carbocycles. The maximum Gasteiger partial charge on any atom is 0.261 e. The Morgan fingerprint density at radius 2 is 2.18 bits per heavy atom. The summed E-state index contributed by atoms with van der Waals surface area (Å²) in [7, 11) is 0. The molecule has 0 radical (unpaired) electrons. The van der Waals surface area contributed by atoms with Gasteiger partial charge in [0.1, 0.15) is 5.56 Å². The molecule has 3 rings (SSSR count). The summed E-state index contributed by atoms with van der Waals surface area (Å²) in [6.07, 6.45) is 1.85. The van der Waals surface area contributed by atoms with Gasteiger partial charge in [-0.3, -0.25) is 9.59 Å². The maximum atomic E-state index is 12.8. The van der Waals surface area contributed by atoms with E-state index < -0.39 is 0 Å². The molecular formula is C17H21N3O2. The molecule has 2 unspecified atom stereocenters. The summed E-state index contributed by atoms with van der Waals surface area (Å²) >= 11 is 0. The van der Waals surface area contributed by atoms with E-state index in [0.29, 0.717) is 19.0 Å². The van der Waals surface area contributed by atoms with Crippen molar-refractivity contribution in [3.8, 4) is 0 Å². The molecule has 0 bridgehead atoms. The molecule has 1 aliphatic rings. The minimum atomic E-state index is -0.335. The van der Waals surface area contributed by atoms with E-state index in [1.54, 1.807) is 11.0 Å². The van der Waals surface area contributed by atoms with Crippen LogP contribution in [0.1, 0.15) is 30.1 Å². The number of fused-ring (bicyclic) bond motifs is 1. The third-order valence-corrected chi connectivity index (χ3v) is 4.49. The number of nitrogens with zero attached hydrogens (tertiary/aromatic N) is 1. The van der Waals surface area contributed by atoms with Crippen molar-refractivity contribution in [3.05, 3.63) is 46.2 Å². The van der Waals surface area contributed by atoms with E-state index in [1.807, 2.05) is 24.3 Å². The number of hydrogen-bond acceptors (Lipinski definition) is 3. The predicted octanol–water partition coefficient (Wildman–Crippen LogP) is 1.73. The quantitative estimate of drug-likeness (QED) is 0.886. The lowest BCUT2D eigenvalue weighted by Gasteiger charge is -2.37. The monoisotopic (exact) mass is 299 g/mol. The number of benzene rings is 1. The minimum Gasteiger partial charge on any atom is -0.334 e. The zero-order chi connectivity index (χ0) is 15.7. The molecule has 1 fully saturated rings. The molecule has 1 aromatic carbocycles. The topological polar surface area (TPSA) is 79.2 Å². The van der Waals surface area contributed by atoms with Gasteiger partial charge in [-0.1, -0.05) is 25.1 Å². The highest BCUT2D eigenvalue weighted by molar-refractivity contribution is 5.97. The van der Waals surface area contributed by atoms with Crippen molar-refractivity contribution < 1.29 is 4.79 Å². The third kappa shape index (κ3) is 2.64. The highest BCUT2D eigenvalue weighted by Gasteiger charge is 2.30. The molecule has 116 valence electrons.